The summed E-state index contributed by atoms with van der Waals surface area (Å²) in [5.74, 6) is 0.276. The number of carbonyl (C=O) groups is 1. The summed E-state index contributed by atoms with van der Waals surface area (Å²) in [4.78, 5) is 14.2. The number of likely N-dealkylation sites (tertiary alicyclic amines) is 1. The molecule has 1 saturated heterocycles. The van der Waals surface area contributed by atoms with Crippen LogP contribution in [-0.4, -0.2) is 36.1 Å². The maximum Gasteiger partial charge on any atom is 0.315 e. The van der Waals surface area contributed by atoms with Crippen molar-refractivity contribution in [2.45, 2.75) is 52.2 Å². The molecule has 2 rings (SSSR count). The fourth-order valence-corrected chi connectivity index (χ4v) is 2.70. The van der Waals surface area contributed by atoms with Crippen LogP contribution < -0.4 is 10.6 Å². The smallest absolute Gasteiger partial charge is 0.315 e. The van der Waals surface area contributed by atoms with E-state index in [1.807, 2.05) is 19.1 Å². The molecule has 0 radical (unpaired) electrons. The van der Waals surface area contributed by atoms with Gasteiger partial charge in [-0.15, -0.1) is 0 Å². The van der Waals surface area contributed by atoms with Gasteiger partial charge in [0.05, 0.1) is 0 Å². The minimum atomic E-state index is -0.144. The molecule has 1 fully saturated rings. The average molecular weight is 321 g/mol. The summed E-state index contributed by atoms with van der Waals surface area (Å²) in [5.41, 5.74) is 0.738. The number of nitrogens with zero attached hydrogens (tertiary/aromatic N) is 1. The van der Waals surface area contributed by atoms with Crippen molar-refractivity contribution in [2.24, 2.45) is 5.92 Å². The van der Waals surface area contributed by atoms with E-state index in [0.29, 0.717) is 12.5 Å². The van der Waals surface area contributed by atoms with Crippen LogP contribution in [0.25, 0.3) is 0 Å². The molecular weight excluding hydrogens is 293 g/mol. The lowest BCUT2D eigenvalue weighted by molar-refractivity contribution is 0.183. The fourth-order valence-electron chi connectivity index (χ4n) is 2.70. The number of nitrogens with one attached hydrogen (secondary N) is 2. The van der Waals surface area contributed by atoms with Crippen molar-refractivity contribution in [1.29, 1.82) is 0 Å². The summed E-state index contributed by atoms with van der Waals surface area (Å²) >= 11 is 0. The predicted octanol–water partition coefficient (Wildman–Crippen LogP) is 3.13. The monoisotopic (exact) mass is 321 g/mol. The van der Waals surface area contributed by atoms with E-state index in [0.717, 1.165) is 31.5 Å². The van der Waals surface area contributed by atoms with E-state index < -0.39 is 0 Å². The van der Waals surface area contributed by atoms with Crippen LogP contribution in [0.15, 0.2) is 24.3 Å². The van der Waals surface area contributed by atoms with Crippen LogP contribution in [0.2, 0.25) is 0 Å². The molecule has 0 spiro atoms. The van der Waals surface area contributed by atoms with Gasteiger partial charge < -0.3 is 10.6 Å². The van der Waals surface area contributed by atoms with Crippen molar-refractivity contribution in [3.8, 4) is 0 Å². The summed E-state index contributed by atoms with van der Waals surface area (Å²) in [6, 6.07) is 7.20. The molecule has 1 aliphatic heterocycles. The summed E-state index contributed by atoms with van der Waals surface area (Å²) in [6.07, 6.45) is 1.80. The molecule has 5 heteroatoms. The topological polar surface area (TPSA) is 44.4 Å². The summed E-state index contributed by atoms with van der Waals surface area (Å²) in [7, 11) is 0. The molecule has 2 N–H and O–H groups in total. The van der Waals surface area contributed by atoms with Gasteiger partial charge in [-0.1, -0.05) is 32.0 Å². The van der Waals surface area contributed by atoms with Gasteiger partial charge in [0, 0.05) is 37.3 Å². The minimum absolute atomic E-state index is 0.0845. The van der Waals surface area contributed by atoms with Gasteiger partial charge in [-0.25, -0.2) is 9.18 Å². The Morgan fingerprint density at radius 2 is 1.91 bits per heavy atom. The normalized spacial score (nSPS) is 18.0. The zero-order chi connectivity index (χ0) is 16.8. The van der Waals surface area contributed by atoms with Crippen molar-refractivity contribution in [2.75, 3.05) is 13.1 Å². The number of amides is 2. The second-order valence-electron chi connectivity index (χ2n) is 6.79. The minimum Gasteiger partial charge on any atom is -0.335 e. The third-order valence-corrected chi connectivity index (χ3v) is 4.63. The maximum absolute atomic E-state index is 13.7. The lowest BCUT2D eigenvalue weighted by Crippen LogP contribution is -2.50. The van der Waals surface area contributed by atoms with Crippen molar-refractivity contribution in [3.05, 3.63) is 35.6 Å². The number of hydrogen-bond acceptors (Lipinski definition) is 2. The Bertz CT molecular complexity index is 513. The molecule has 0 bridgehead atoms. The van der Waals surface area contributed by atoms with E-state index in [4.69, 9.17) is 0 Å². The van der Waals surface area contributed by atoms with Gasteiger partial charge in [-0.2, -0.15) is 0 Å². The van der Waals surface area contributed by atoms with Crippen molar-refractivity contribution in [3.63, 3.8) is 0 Å². The Morgan fingerprint density at radius 1 is 1.26 bits per heavy atom. The zero-order valence-electron chi connectivity index (χ0n) is 14.3. The first-order valence-corrected chi connectivity index (χ1v) is 8.48. The van der Waals surface area contributed by atoms with Crippen molar-refractivity contribution >= 4 is 6.03 Å². The molecule has 2 amide bonds. The first-order chi connectivity index (χ1) is 11.0. The number of hydrogen-bond donors (Lipinski definition) is 2. The van der Waals surface area contributed by atoms with Crippen molar-refractivity contribution in [1.82, 2.24) is 15.5 Å². The third-order valence-electron chi connectivity index (χ3n) is 4.63. The molecule has 0 aromatic heterocycles. The number of carbonyl (C=O) groups excluding carboxylic acids is 1. The molecule has 23 heavy (non-hydrogen) atoms. The first-order valence-electron chi connectivity index (χ1n) is 8.48. The average Bonchev–Trinajstić information content (AvgIpc) is 2.51. The molecule has 0 saturated carbocycles. The quantitative estimate of drug-likeness (QED) is 0.875. The van der Waals surface area contributed by atoms with Crippen LogP contribution in [0.3, 0.4) is 0 Å². The van der Waals surface area contributed by atoms with Crippen LogP contribution in [0, 0.1) is 11.7 Å². The summed E-state index contributed by atoms with van der Waals surface area (Å²) in [6.45, 7) is 8.58. The lowest BCUT2D eigenvalue weighted by atomic mass is 10.0. The van der Waals surface area contributed by atoms with E-state index >= 15 is 0 Å². The number of piperidine rings is 1. The highest BCUT2D eigenvalue weighted by molar-refractivity contribution is 5.74. The van der Waals surface area contributed by atoms with Gasteiger partial charge in [0.2, 0.25) is 0 Å². The zero-order valence-corrected chi connectivity index (χ0v) is 14.3. The standard InChI is InChI=1S/C18H28FN3O/c1-13(2)14(3)20-18(23)21-16-8-10-22(11-9-16)12-15-6-4-5-7-17(15)19/h4-7,13-14,16H,8-12H2,1-3H3,(H2,20,21,23). The SMILES string of the molecule is CC(C)C(C)NC(=O)NC1CCN(Cc2ccccc2F)CC1. The Kier molecular flexibility index (Phi) is 6.39. The largest absolute Gasteiger partial charge is 0.335 e. The highest BCUT2D eigenvalue weighted by atomic mass is 19.1. The molecule has 1 aromatic carbocycles. The second-order valence-corrected chi connectivity index (χ2v) is 6.79. The molecule has 0 aliphatic carbocycles. The van der Waals surface area contributed by atoms with Crippen LogP contribution in [0.1, 0.15) is 39.2 Å². The number of rotatable bonds is 5. The molecule has 128 valence electrons. The second kappa shape index (κ2) is 8.29. The Labute approximate surface area is 138 Å². The predicted molar refractivity (Wildman–Crippen MR) is 90.7 cm³/mol. The fraction of sp³-hybridized carbons (Fsp3) is 0.611. The van der Waals surface area contributed by atoms with E-state index in [1.54, 1.807) is 6.07 Å². The molecule has 1 aromatic rings. The Morgan fingerprint density at radius 3 is 2.52 bits per heavy atom. The number of urea groups is 1. The molecule has 1 unspecified atom stereocenters. The van der Waals surface area contributed by atoms with Gasteiger partial charge in [0.15, 0.2) is 0 Å². The van der Waals surface area contributed by atoms with Gasteiger partial charge >= 0.3 is 6.03 Å². The molecule has 4 nitrogen and oxygen atoms in total. The van der Waals surface area contributed by atoms with Gasteiger partial charge in [-0.05, 0) is 31.7 Å². The van der Waals surface area contributed by atoms with E-state index in [9.17, 15) is 9.18 Å². The lowest BCUT2D eigenvalue weighted by Gasteiger charge is -2.32. The summed E-state index contributed by atoms with van der Waals surface area (Å²) in [5, 5.41) is 6.02. The number of halogens is 1. The van der Waals surface area contributed by atoms with Gasteiger partial charge in [0.25, 0.3) is 0 Å². The van der Waals surface area contributed by atoms with Crippen molar-refractivity contribution < 1.29 is 9.18 Å². The first kappa shape index (κ1) is 17.7. The van der Waals surface area contributed by atoms with Crippen LogP contribution in [0.5, 0.6) is 0 Å². The Hall–Kier alpha value is -1.62. The van der Waals surface area contributed by atoms with Gasteiger partial charge in [-0.3, -0.25) is 4.90 Å². The maximum atomic E-state index is 13.7. The Balaban J connectivity index is 1.74. The third kappa shape index (κ3) is 5.50. The van der Waals surface area contributed by atoms with E-state index in [2.05, 4.69) is 29.4 Å². The van der Waals surface area contributed by atoms with Crippen LogP contribution >= 0.6 is 0 Å². The van der Waals surface area contributed by atoms with Crippen LogP contribution in [0.4, 0.5) is 9.18 Å². The highest BCUT2D eigenvalue weighted by Crippen LogP contribution is 2.15. The summed E-state index contributed by atoms with van der Waals surface area (Å²) < 4.78 is 13.7. The van der Waals surface area contributed by atoms with E-state index in [-0.39, 0.29) is 23.9 Å². The highest BCUT2D eigenvalue weighted by Gasteiger charge is 2.22. The molecule has 1 atom stereocenters. The molecule has 1 aliphatic rings. The number of benzene rings is 1. The van der Waals surface area contributed by atoms with Crippen LogP contribution in [-0.2, 0) is 6.54 Å². The van der Waals surface area contributed by atoms with E-state index in [1.165, 1.54) is 6.07 Å². The molecular formula is C18H28FN3O. The van der Waals surface area contributed by atoms with Gasteiger partial charge in [0.1, 0.15) is 5.82 Å². The molecule has 1 heterocycles.